The van der Waals surface area contributed by atoms with Crippen LogP contribution in [0.4, 0.5) is 0 Å². The highest BCUT2D eigenvalue weighted by molar-refractivity contribution is 7.89. The topological polar surface area (TPSA) is 84.2 Å². The second-order valence-electron chi connectivity index (χ2n) is 5.10. The number of aryl methyl sites for hydroxylation is 1. The molecule has 0 radical (unpaired) electrons. The Morgan fingerprint density at radius 2 is 2.24 bits per heavy atom. The molecule has 0 atom stereocenters. The van der Waals surface area contributed by atoms with E-state index in [9.17, 15) is 8.42 Å². The summed E-state index contributed by atoms with van der Waals surface area (Å²) in [6, 6.07) is 3.99. The van der Waals surface area contributed by atoms with Crippen LogP contribution in [0, 0.1) is 6.92 Å². The molecule has 2 heterocycles. The summed E-state index contributed by atoms with van der Waals surface area (Å²) in [6.07, 6.45) is 3.85. The Labute approximate surface area is 127 Å². The van der Waals surface area contributed by atoms with Crippen molar-refractivity contribution in [2.75, 3.05) is 0 Å². The molecule has 8 heteroatoms. The molecular formula is C13H17N3O3S2. The molecule has 0 spiro atoms. The summed E-state index contributed by atoms with van der Waals surface area (Å²) in [7, 11) is -3.52. The largest absolute Gasteiger partial charge is 0.364 e. The van der Waals surface area contributed by atoms with Crippen molar-refractivity contribution in [2.45, 2.75) is 43.8 Å². The number of nitrogens with zero attached hydrogens (tertiary/aromatic N) is 1. The number of sulfonamides is 1. The second kappa shape index (κ2) is 5.88. The summed E-state index contributed by atoms with van der Waals surface area (Å²) in [5, 5.41) is 7.08. The van der Waals surface area contributed by atoms with Crippen molar-refractivity contribution in [1.29, 1.82) is 0 Å². The molecule has 1 aliphatic rings. The molecule has 0 amide bonds. The van der Waals surface area contributed by atoms with Gasteiger partial charge in [-0.2, -0.15) is 0 Å². The summed E-state index contributed by atoms with van der Waals surface area (Å²) in [6.45, 7) is 2.69. The fraction of sp³-hybridized carbons (Fsp3) is 0.462. The van der Waals surface area contributed by atoms with Crippen LogP contribution in [0.5, 0.6) is 0 Å². The van der Waals surface area contributed by atoms with Gasteiger partial charge in [0.25, 0.3) is 0 Å². The fourth-order valence-electron chi connectivity index (χ4n) is 1.99. The van der Waals surface area contributed by atoms with Crippen LogP contribution in [0.1, 0.15) is 28.3 Å². The van der Waals surface area contributed by atoms with E-state index in [4.69, 9.17) is 0 Å². The van der Waals surface area contributed by atoms with Crippen molar-refractivity contribution in [1.82, 2.24) is 15.2 Å². The smallest absolute Gasteiger partial charge is 0.242 e. The Kier molecular flexibility index (Phi) is 4.12. The molecule has 0 unspecified atom stereocenters. The third kappa shape index (κ3) is 3.70. The van der Waals surface area contributed by atoms with Crippen LogP contribution in [0.2, 0.25) is 0 Å². The van der Waals surface area contributed by atoms with Gasteiger partial charge in [0.2, 0.25) is 10.0 Å². The Hall–Kier alpha value is -1.22. The molecule has 6 nitrogen and oxygen atoms in total. The van der Waals surface area contributed by atoms with Gasteiger partial charge in [-0.05, 0) is 25.8 Å². The van der Waals surface area contributed by atoms with Crippen molar-refractivity contribution < 1.29 is 12.9 Å². The monoisotopic (exact) mass is 327 g/mol. The lowest BCUT2D eigenvalue weighted by molar-refractivity contribution is 0.411. The zero-order valence-electron chi connectivity index (χ0n) is 11.6. The van der Waals surface area contributed by atoms with E-state index in [1.807, 2.05) is 6.92 Å². The Morgan fingerprint density at radius 3 is 2.90 bits per heavy atom. The van der Waals surface area contributed by atoms with Gasteiger partial charge in [-0.1, -0.05) is 5.16 Å². The molecule has 1 aliphatic carbocycles. The molecule has 21 heavy (non-hydrogen) atoms. The molecule has 2 aromatic rings. The number of thiophene rings is 1. The molecule has 114 valence electrons. The van der Waals surface area contributed by atoms with E-state index in [1.165, 1.54) is 30.4 Å². The molecule has 0 saturated heterocycles. The summed E-state index contributed by atoms with van der Waals surface area (Å²) < 4.78 is 31.9. The maximum absolute atomic E-state index is 12.3. The number of nitrogens with one attached hydrogen (secondary N) is 2. The van der Waals surface area contributed by atoms with Gasteiger partial charge in [0.15, 0.2) is 0 Å². The first-order chi connectivity index (χ1) is 10.0. The second-order valence-corrected chi connectivity index (χ2v) is 8.18. The number of rotatable bonds is 7. The third-order valence-electron chi connectivity index (χ3n) is 3.29. The molecule has 1 fully saturated rings. The average Bonchev–Trinajstić information content (AvgIpc) is 2.97. The first-order valence-electron chi connectivity index (χ1n) is 6.76. The highest BCUT2D eigenvalue weighted by Crippen LogP contribution is 2.27. The molecule has 0 aliphatic heterocycles. The van der Waals surface area contributed by atoms with Crippen molar-refractivity contribution in [3.63, 3.8) is 0 Å². The van der Waals surface area contributed by atoms with Crippen LogP contribution in [0.15, 0.2) is 27.8 Å². The average molecular weight is 327 g/mol. The van der Waals surface area contributed by atoms with E-state index in [-0.39, 0.29) is 6.54 Å². The molecule has 2 aromatic heterocycles. The SMILES string of the molecule is Cc1sc(CNC2CC2)cc1S(=O)(=O)NCc1ccon1. The first-order valence-corrected chi connectivity index (χ1v) is 9.06. The Morgan fingerprint density at radius 1 is 1.43 bits per heavy atom. The van der Waals surface area contributed by atoms with E-state index in [1.54, 1.807) is 12.1 Å². The summed E-state index contributed by atoms with van der Waals surface area (Å²) in [4.78, 5) is 2.19. The van der Waals surface area contributed by atoms with Gasteiger partial charge in [0, 0.05) is 28.4 Å². The first kappa shape index (κ1) is 14.7. The van der Waals surface area contributed by atoms with Crippen LogP contribution in [0.25, 0.3) is 0 Å². The Balaban J connectivity index is 1.68. The summed E-state index contributed by atoms with van der Waals surface area (Å²) in [5.41, 5.74) is 0.557. The minimum atomic E-state index is -3.52. The highest BCUT2D eigenvalue weighted by atomic mass is 32.2. The van der Waals surface area contributed by atoms with Crippen LogP contribution in [-0.4, -0.2) is 19.6 Å². The molecule has 0 aromatic carbocycles. The zero-order valence-corrected chi connectivity index (χ0v) is 13.3. The predicted molar refractivity (Wildman–Crippen MR) is 79.4 cm³/mol. The predicted octanol–water partition coefficient (Wildman–Crippen LogP) is 1.78. The van der Waals surface area contributed by atoms with Crippen LogP contribution < -0.4 is 10.0 Å². The zero-order chi connectivity index (χ0) is 14.9. The molecule has 3 rings (SSSR count). The minimum absolute atomic E-state index is 0.129. The standard InChI is InChI=1S/C13H17N3O3S2/c1-9-13(6-12(20-9)8-14-10-2-3-10)21(17,18)15-7-11-4-5-19-16-11/h4-6,10,14-15H,2-3,7-8H2,1H3. The molecule has 2 N–H and O–H groups in total. The number of hydrogen-bond acceptors (Lipinski definition) is 6. The van der Waals surface area contributed by atoms with Gasteiger partial charge in [-0.15, -0.1) is 11.3 Å². The van der Waals surface area contributed by atoms with Crippen molar-refractivity contribution in [3.8, 4) is 0 Å². The number of aromatic nitrogens is 1. The minimum Gasteiger partial charge on any atom is -0.364 e. The maximum Gasteiger partial charge on any atom is 0.242 e. The van der Waals surface area contributed by atoms with Gasteiger partial charge in [0.05, 0.1) is 17.1 Å². The lowest BCUT2D eigenvalue weighted by Crippen LogP contribution is -2.23. The maximum atomic E-state index is 12.3. The molecule has 0 bridgehead atoms. The van der Waals surface area contributed by atoms with Crippen LogP contribution in [0.3, 0.4) is 0 Å². The van der Waals surface area contributed by atoms with E-state index >= 15 is 0 Å². The van der Waals surface area contributed by atoms with Crippen molar-refractivity contribution in [2.24, 2.45) is 0 Å². The van der Waals surface area contributed by atoms with Crippen LogP contribution in [-0.2, 0) is 23.1 Å². The Bertz CT molecular complexity index is 703. The van der Waals surface area contributed by atoms with Gasteiger partial charge < -0.3 is 9.84 Å². The van der Waals surface area contributed by atoms with E-state index in [0.717, 1.165) is 16.3 Å². The van der Waals surface area contributed by atoms with Gasteiger partial charge in [0.1, 0.15) is 6.26 Å². The highest BCUT2D eigenvalue weighted by Gasteiger charge is 2.23. The molecular weight excluding hydrogens is 310 g/mol. The van der Waals surface area contributed by atoms with Crippen molar-refractivity contribution >= 4 is 21.4 Å². The van der Waals surface area contributed by atoms with Crippen LogP contribution >= 0.6 is 11.3 Å². The van der Waals surface area contributed by atoms with Gasteiger partial charge >= 0.3 is 0 Å². The molecule has 1 saturated carbocycles. The third-order valence-corrected chi connectivity index (χ3v) is 6.00. The van der Waals surface area contributed by atoms with Gasteiger partial charge in [-0.25, -0.2) is 13.1 Å². The van der Waals surface area contributed by atoms with E-state index in [2.05, 4.69) is 19.7 Å². The summed E-state index contributed by atoms with van der Waals surface area (Å²) >= 11 is 1.52. The van der Waals surface area contributed by atoms with Crippen molar-refractivity contribution in [3.05, 3.63) is 33.8 Å². The summed E-state index contributed by atoms with van der Waals surface area (Å²) in [5.74, 6) is 0. The van der Waals surface area contributed by atoms with Gasteiger partial charge in [-0.3, -0.25) is 0 Å². The lowest BCUT2D eigenvalue weighted by Gasteiger charge is -2.03. The normalized spacial score (nSPS) is 15.5. The lowest BCUT2D eigenvalue weighted by atomic mass is 10.4. The van der Waals surface area contributed by atoms with E-state index in [0.29, 0.717) is 16.6 Å². The van der Waals surface area contributed by atoms with E-state index < -0.39 is 10.0 Å². The quantitative estimate of drug-likeness (QED) is 0.810. The fourth-order valence-corrected chi connectivity index (χ4v) is 4.57. The number of hydrogen-bond donors (Lipinski definition) is 2.